The molecule has 4 heterocycles. The Bertz CT molecular complexity index is 541. The molecule has 0 aliphatic carbocycles. The van der Waals surface area contributed by atoms with Crippen LogP contribution in [0.15, 0.2) is 4.52 Å². The van der Waals surface area contributed by atoms with Gasteiger partial charge in [-0.15, -0.1) is 0 Å². The molecule has 2 bridgehead atoms. The molecule has 3 fully saturated rings. The van der Waals surface area contributed by atoms with Crippen molar-refractivity contribution in [3.05, 3.63) is 17.0 Å². The fraction of sp³-hybridized carbons (Fsp3) is 0.765. The summed E-state index contributed by atoms with van der Waals surface area (Å²) in [6, 6.07) is 0.337. The van der Waals surface area contributed by atoms with Crippen LogP contribution in [-0.4, -0.2) is 58.5 Å². The maximum Gasteiger partial charge on any atom is 0.227 e. The predicted octanol–water partition coefficient (Wildman–Crippen LogP) is 2.47. The summed E-state index contributed by atoms with van der Waals surface area (Å²) in [5.74, 6) is 2.53. The van der Waals surface area contributed by atoms with Gasteiger partial charge in [0.1, 0.15) is 5.76 Å². The zero-order valence-corrected chi connectivity index (χ0v) is 15.2. The van der Waals surface area contributed by atoms with Gasteiger partial charge in [0.2, 0.25) is 5.91 Å². The number of carbonyl (C=O) groups is 1. The van der Waals surface area contributed by atoms with Gasteiger partial charge in [0.25, 0.3) is 0 Å². The first-order chi connectivity index (χ1) is 11.1. The van der Waals surface area contributed by atoms with Crippen molar-refractivity contribution in [2.75, 3.05) is 31.6 Å². The summed E-state index contributed by atoms with van der Waals surface area (Å²) in [5.41, 5.74) is 1.99. The highest BCUT2D eigenvalue weighted by Gasteiger charge is 2.40. The van der Waals surface area contributed by atoms with E-state index in [0.717, 1.165) is 49.5 Å². The van der Waals surface area contributed by atoms with E-state index in [1.54, 1.807) is 0 Å². The van der Waals surface area contributed by atoms with Gasteiger partial charge in [0.15, 0.2) is 0 Å². The molecule has 0 N–H and O–H groups in total. The summed E-state index contributed by atoms with van der Waals surface area (Å²) >= 11 is 1.90. The van der Waals surface area contributed by atoms with Crippen molar-refractivity contribution >= 4 is 17.7 Å². The minimum absolute atomic E-state index is 0.170. The Hall–Kier alpha value is -1.01. The van der Waals surface area contributed by atoms with E-state index in [1.165, 1.54) is 12.2 Å². The SMILES string of the molecule is CSCCCN1C[C@H]2CC[C@@H](C1)N(Cc1c(C)noc1C)C2=O. The third-order valence-electron chi connectivity index (χ3n) is 5.20. The molecule has 6 heteroatoms. The quantitative estimate of drug-likeness (QED) is 0.747. The summed E-state index contributed by atoms with van der Waals surface area (Å²) in [7, 11) is 0. The van der Waals surface area contributed by atoms with E-state index in [4.69, 9.17) is 4.52 Å². The number of aryl methyl sites for hydroxylation is 2. The number of nitrogens with zero attached hydrogens (tertiary/aromatic N) is 3. The monoisotopic (exact) mass is 337 g/mol. The molecule has 0 radical (unpaired) electrons. The number of fused-ring (bicyclic) bond motifs is 4. The molecule has 1 aromatic rings. The molecule has 2 atom stereocenters. The van der Waals surface area contributed by atoms with Gasteiger partial charge in [0, 0.05) is 24.7 Å². The van der Waals surface area contributed by atoms with Crippen LogP contribution in [0.25, 0.3) is 0 Å². The topological polar surface area (TPSA) is 49.6 Å². The second-order valence-corrected chi connectivity index (χ2v) is 7.79. The molecule has 128 valence electrons. The lowest BCUT2D eigenvalue weighted by Gasteiger charge is -2.36. The van der Waals surface area contributed by atoms with Crippen LogP contribution in [0.1, 0.15) is 36.3 Å². The molecule has 3 aliphatic rings. The summed E-state index contributed by atoms with van der Waals surface area (Å²) in [6.07, 6.45) is 5.53. The third kappa shape index (κ3) is 3.58. The van der Waals surface area contributed by atoms with Crippen LogP contribution < -0.4 is 0 Å². The van der Waals surface area contributed by atoms with E-state index in [0.29, 0.717) is 18.5 Å². The highest BCUT2D eigenvalue weighted by atomic mass is 32.2. The molecule has 0 saturated carbocycles. The van der Waals surface area contributed by atoms with Gasteiger partial charge in [-0.3, -0.25) is 4.79 Å². The lowest BCUT2D eigenvalue weighted by Crippen LogP contribution is -2.47. The summed E-state index contributed by atoms with van der Waals surface area (Å²) in [6.45, 7) is 7.60. The molecular weight excluding hydrogens is 310 g/mol. The van der Waals surface area contributed by atoms with Gasteiger partial charge < -0.3 is 14.3 Å². The van der Waals surface area contributed by atoms with Crippen LogP contribution in [0.2, 0.25) is 0 Å². The summed E-state index contributed by atoms with van der Waals surface area (Å²) < 4.78 is 5.27. The predicted molar refractivity (Wildman–Crippen MR) is 92.5 cm³/mol. The van der Waals surface area contributed by atoms with Gasteiger partial charge in [-0.2, -0.15) is 11.8 Å². The van der Waals surface area contributed by atoms with Crippen LogP contribution in [0, 0.1) is 19.8 Å². The second-order valence-electron chi connectivity index (χ2n) is 6.80. The first-order valence-electron chi connectivity index (χ1n) is 8.53. The minimum Gasteiger partial charge on any atom is -0.361 e. The van der Waals surface area contributed by atoms with E-state index in [9.17, 15) is 4.79 Å². The number of carbonyl (C=O) groups excluding carboxylic acids is 1. The van der Waals surface area contributed by atoms with Gasteiger partial charge in [-0.1, -0.05) is 5.16 Å². The fourth-order valence-electron chi connectivity index (χ4n) is 3.85. The third-order valence-corrected chi connectivity index (χ3v) is 5.90. The number of aromatic nitrogens is 1. The van der Waals surface area contributed by atoms with Crippen molar-refractivity contribution in [1.29, 1.82) is 0 Å². The standard InChI is InChI=1S/C17H27N3O2S/c1-12-16(13(2)22-18-12)11-20-15-6-5-14(17(20)21)9-19(10-15)7-4-8-23-3/h14-15H,4-11H2,1-3H3/t14-,15+/m1/s1. The van der Waals surface area contributed by atoms with E-state index >= 15 is 0 Å². The Labute approximate surface area is 142 Å². The second kappa shape index (κ2) is 7.26. The maximum atomic E-state index is 12.9. The van der Waals surface area contributed by atoms with Gasteiger partial charge in [0.05, 0.1) is 18.2 Å². The highest BCUT2D eigenvalue weighted by Crippen LogP contribution is 2.31. The molecule has 1 aromatic heterocycles. The molecule has 3 saturated heterocycles. The molecule has 23 heavy (non-hydrogen) atoms. The molecule has 5 nitrogen and oxygen atoms in total. The number of rotatable bonds is 6. The van der Waals surface area contributed by atoms with Crippen LogP contribution >= 0.6 is 11.8 Å². The Morgan fingerprint density at radius 3 is 2.83 bits per heavy atom. The first-order valence-corrected chi connectivity index (χ1v) is 9.93. The minimum atomic E-state index is 0.170. The van der Waals surface area contributed by atoms with Crippen LogP contribution in [0.3, 0.4) is 0 Å². The average molecular weight is 337 g/mol. The van der Waals surface area contributed by atoms with Crippen LogP contribution in [0.4, 0.5) is 0 Å². The Kier molecular flexibility index (Phi) is 5.31. The number of thioether (sulfide) groups is 1. The van der Waals surface area contributed by atoms with Crippen molar-refractivity contribution in [3.63, 3.8) is 0 Å². The smallest absolute Gasteiger partial charge is 0.227 e. The molecular formula is C17H27N3O2S. The van der Waals surface area contributed by atoms with Crippen molar-refractivity contribution in [2.45, 2.75) is 45.7 Å². The van der Waals surface area contributed by atoms with E-state index in [-0.39, 0.29) is 5.92 Å². The van der Waals surface area contributed by atoms with Crippen molar-refractivity contribution in [3.8, 4) is 0 Å². The number of hydrogen-bond donors (Lipinski definition) is 0. The number of piperidine rings is 1. The van der Waals surface area contributed by atoms with Gasteiger partial charge in [-0.05, 0) is 51.7 Å². The van der Waals surface area contributed by atoms with Crippen LogP contribution in [0.5, 0.6) is 0 Å². The maximum absolute atomic E-state index is 12.9. The largest absolute Gasteiger partial charge is 0.361 e. The molecule has 3 aliphatic heterocycles. The van der Waals surface area contributed by atoms with Gasteiger partial charge in [-0.25, -0.2) is 0 Å². The zero-order chi connectivity index (χ0) is 16.4. The number of hydrogen-bond acceptors (Lipinski definition) is 5. The number of amides is 1. The summed E-state index contributed by atoms with van der Waals surface area (Å²) in [4.78, 5) is 17.5. The molecule has 4 rings (SSSR count). The molecule has 0 unspecified atom stereocenters. The average Bonchev–Trinajstić information content (AvgIpc) is 2.71. The van der Waals surface area contributed by atoms with Crippen molar-refractivity contribution in [1.82, 2.24) is 15.0 Å². The van der Waals surface area contributed by atoms with E-state index in [1.807, 2.05) is 25.6 Å². The first kappa shape index (κ1) is 16.8. The van der Waals surface area contributed by atoms with Crippen molar-refractivity contribution < 1.29 is 9.32 Å². The molecule has 0 aromatic carbocycles. The molecule has 0 spiro atoms. The lowest BCUT2D eigenvalue weighted by molar-refractivity contribution is -0.140. The Balaban J connectivity index is 1.71. The summed E-state index contributed by atoms with van der Waals surface area (Å²) in [5, 5.41) is 4.03. The molecule has 1 amide bonds. The lowest BCUT2D eigenvalue weighted by atomic mass is 9.93. The fourth-order valence-corrected chi connectivity index (χ4v) is 4.27. The zero-order valence-electron chi connectivity index (χ0n) is 14.4. The normalized spacial score (nSPS) is 25.2. The Morgan fingerprint density at radius 2 is 2.13 bits per heavy atom. The highest BCUT2D eigenvalue weighted by molar-refractivity contribution is 7.98. The van der Waals surface area contributed by atoms with E-state index < -0.39 is 0 Å². The van der Waals surface area contributed by atoms with E-state index in [2.05, 4.69) is 21.2 Å². The van der Waals surface area contributed by atoms with Crippen LogP contribution in [-0.2, 0) is 11.3 Å². The Morgan fingerprint density at radius 1 is 1.30 bits per heavy atom. The van der Waals surface area contributed by atoms with Crippen molar-refractivity contribution in [2.24, 2.45) is 5.92 Å². The van der Waals surface area contributed by atoms with Gasteiger partial charge >= 0.3 is 0 Å².